The van der Waals surface area contributed by atoms with E-state index in [1.807, 2.05) is 24.3 Å². The van der Waals surface area contributed by atoms with Gasteiger partial charge in [0.2, 0.25) is 5.75 Å². The molecule has 1 amide bonds. The number of hydrogen-bond acceptors (Lipinski definition) is 6. The molecule has 0 saturated heterocycles. The number of halogens is 1. The summed E-state index contributed by atoms with van der Waals surface area (Å²) in [5.74, 6) is 0.772. The second-order valence-electron chi connectivity index (χ2n) is 5.74. The second kappa shape index (κ2) is 8.38. The predicted molar refractivity (Wildman–Crippen MR) is 109 cm³/mol. The zero-order chi connectivity index (χ0) is 20.3. The van der Waals surface area contributed by atoms with Gasteiger partial charge in [0.25, 0.3) is 5.91 Å². The standard InChI is InChI=1S/C20H17ClN2O4S/c1-25-14-8-11(9-15(26-2)18(14)27-3)13(10-22)23-20(24)19-17(21)12-6-4-5-7-16(12)28-19/h4-9,13H,1-3H3,(H,23,24). The van der Waals surface area contributed by atoms with Crippen molar-refractivity contribution in [1.29, 1.82) is 5.26 Å². The fraction of sp³-hybridized carbons (Fsp3) is 0.200. The van der Waals surface area contributed by atoms with Crippen LogP contribution < -0.4 is 19.5 Å². The molecule has 144 valence electrons. The molecule has 1 unspecified atom stereocenters. The number of amides is 1. The summed E-state index contributed by atoms with van der Waals surface area (Å²) in [6.45, 7) is 0. The molecular weight excluding hydrogens is 400 g/mol. The Bertz CT molecular complexity index is 1050. The summed E-state index contributed by atoms with van der Waals surface area (Å²) in [4.78, 5) is 13.1. The van der Waals surface area contributed by atoms with Crippen LogP contribution in [-0.4, -0.2) is 27.2 Å². The lowest BCUT2D eigenvalue weighted by molar-refractivity contribution is 0.0949. The maximum Gasteiger partial charge on any atom is 0.264 e. The average Bonchev–Trinajstić information content (AvgIpc) is 3.07. The van der Waals surface area contributed by atoms with Gasteiger partial charge in [0.15, 0.2) is 11.5 Å². The number of hydrogen-bond donors (Lipinski definition) is 1. The highest BCUT2D eigenvalue weighted by Gasteiger charge is 2.23. The Morgan fingerprint density at radius 1 is 1.14 bits per heavy atom. The molecule has 0 aliphatic rings. The Kier molecular flexibility index (Phi) is 5.93. The number of carbonyl (C=O) groups excluding carboxylic acids is 1. The SMILES string of the molecule is COc1cc(C(C#N)NC(=O)c2sc3ccccc3c2Cl)cc(OC)c1OC. The minimum atomic E-state index is -0.928. The van der Waals surface area contributed by atoms with Crippen molar-refractivity contribution in [1.82, 2.24) is 5.32 Å². The number of carbonyl (C=O) groups is 1. The molecule has 0 radical (unpaired) electrons. The van der Waals surface area contributed by atoms with Gasteiger partial charge in [-0.1, -0.05) is 29.8 Å². The van der Waals surface area contributed by atoms with E-state index in [1.165, 1.54) is 32.7 Å². The number of methoxy groups -OCH3 is 3. The zero-order valence-electron chi connectivity index (χ0n) is 15.4. The average molecular weight is 417 g/mol. The minimum Gasteiger partial charge on any atom is -0.493 e. The highest BCUT2D eigenvalue weighted by Crippen LogP contribution is 2.40. The van der Waals surface area contributed by atoms with Crippen LogP contribution in [-0.2, 0) is 0 Å². The molecule has 0 bridgehead atoms. The first-order chi connectivity index (χ1) is 13.5. The Hall–Kier alpha value is -2.95. The summed E-state index contributed by atoms with van der Waals surface area (Å²) >= 11 is 7.65. The lowest BCUT2D eigenvalue weighted by Gasteiger charge is -2.17. The molecule has 0 fully saturated rings. The van der Waals surface area contributed by atoms with Crippen molar-refractivity contribution in [3.05, 3.63) is 51.9 Å². The van der Waals surface area contributed by atoms with Crippen molar-refractivity contribution >= 4 is 38.9 Å². The van der Waals surface area contributed by atoms with Gasteiger partial charge in [0.05, 0.1) is 32.4 Å². The van der Waals surface area contributed by atoms with Crippen molar-refractivity contribution in [2.24, 2.45) is 0 Å². The van der Waals surface area contributed by atoms with Crippen LogP contribution in [0.1, 0.15) is 21.3 Å². The number of fused-ring (bicyclic) bond motifs is 1. The molecular formula is C20H17ClN2O4S. The van der Waals surface area contributed by atoms with Crippen LogP contribution in [0.5, 0.6) is 17.2 Å². The summed E-state index contributed by atoms with van der Waals surface area (Å²) in [5.41, 5.74) is 0.502. The summed E-state index contributed by atoms with van der Waals surface area (Å²) < 4.78 is 16.8. The number of nitrogens with zero attached hydrogens (tertiary/aromatic N) is 1. The summed E-state index contributed by atoms with van der Waals surface area (Å²) in [7, 11) is 4.46. The Morgan fingerprint density at radius 2 is 1.79 bits per heavy atom. The first-order valence-corrected chi connectivity index (χ1v) is 9.40. The quantitative estimate of drug-likeness (QED) is 0.636. The molecule has 0 saturated carbocycles. The molecule has 0 spiro atoms. The third-order valence-electron chi connectivity index (χ3n) is 4.17. The maximum absolute atomic E-state index is 12.8. The van der Waals surface area contributed by atoms with Gasteiger partial charge in [0, 0.05) is 10.1 Å². The molecule has 28 heavy (non-hydrogen) atoms. The molecule has 2 aromatic carbocycles. The van der Waals surface area contributed by atoms with Crippen LogP contribution in [0.3, 0.4) is 0 Å². The van der Waals surface area contributed by atoms with Crippen LogP contribution in [0.2, 0.25) is 5.02 Å². The van der Waals surface area contributed by atoms with E-state index in [9.17, 15) is 10.1 Å². The van der Waals surface area contributed by atoms with Gasteiger partial charge in [-0.2, -0.15) is 5.26 Å². The molecule has 8 heteroatoms. The summed E-state index contributed by atoms with van der Waals surface area (Å²) in [5, 5.41) is 13.5. The lowest BCUT2D eigenvalue weighted by Crippen LogP contribution is -2.27. The largest absolute Gasteiger partial charge is 0.493 e. The molecule has 6 nitrogen and oxygen atoms in total. The van der Waals surface area contributed by atoms with Gasteiger partial charge < -0.3 is 19.5 Å². The van der Waals surface area contributed by atoms with E-state index in [-0.39, 0.29) is 0 Å². The number of nitrogens with one attached hydrogen (secondary N) is 1. The van der Waals surface area contributed by atoms with Gasteiger partial charge in [-0.3, -0.25) is 4.79 Å². The number of ether oxygens (including phenoxy) is 3. The van der Waals surface area contributed by atoms with Gasteiger partial charge in [-0.15, -0.1) is 11.3 Å². The van der Waals surface area contributed by atoms with Crippen molar-refractivity contribution in [3.8, 4) is 23.3 Å². The molecule has 1 atom stereocenters. The van der Waals surface area contributed by atoms with Gasteiger partial charge in [-0.25, -0.2) is 0 Å². The Balaban J connectivity index is 1.95. The van der Waals surface area contributed by atoms with Crippen LogP contribution >= 0.6 is 22.9 Å². The first-order valence-electron chi connectivity index (χ1n) is 8.21. The highest BCUT2D eigenvalue weighted by molar-refractivity contribution is 7.21. The van der Waals surface area contributed by atoms with Crippen molar-refractivity contribution in [2.75, 3.05) is 21.3 Å². The van der Waals surface area contributed by atoms with Crippen LogP contribution in [0.15, 0.2) is 36.4 Å². The van der Waals surface area contributed by atoms with E-state index in [4.69, 9.17) is 25.8 Å². The second-order valence-corrected chi connectivity index (χ2v) is 7.17. The van der Waals surface area contributed by atoms with Gasteiger partial charge in [-0.05, 0) is 23.8 Å². The van der Waals surface area contributed by atoms with E-state index in [0.29, 0.717) is 32.7 Å². The minimum absolute atomic E-state index is 0.357. The van der Waals surface area contributed by atoms with Gasteiger partial charge in [0.1, 0.15) is 10.9 Å². The number of thiophene rings is 1. The number of benzene rings is 2. The zero-order valence-corrected chi connectivity index (χ0v) is 17.0. The van der Waals surface area contributed by atoms with Crippen molar-refractivity contribution < 1.29 is 19.0 Å². The first kappa shape index (κ1) is 19.8. The molecule has 1 heterocycles. The summed E-state index contributed by atoms with van der Waals surface area (Å²) in [6.07, 6.45) is 0. The number of rotatable bonds is 6. The lowest BCUT2D eigenvalue weighted by atomic mass is 10.1. The fourth-order valence-corrected chi connectivity index (χ4v) is 4.24. The predicted octanol–water partition coefficient (Wildman–Crippen LogP) is 4.58. The number of nitriles is 1. The van der Waals surface area contributed by atoms with E-state index in [2.05, 4.69) is 11.4 Å². The van der Waals surface area contributed by atoms with Crippen LogP contribution in [0.4, 0.5) is 0 Å². The van der Waals surface area contributed by atoms with E-state index < -0.39 is 11.9 Å². The van der Waals surface area contributed by atoms with Crippen molar-refractivity contribution in [2.45, 2.75) is 6.04 Å². The molecule has 3 aromatic rings. The topological polar surface area (TPSA) is 80.6 Å². The van der Waals surface area contributed by atoms with Crippen molar-refractivity contribution in [3.63, 3.8) is 0 Å². The van der Waals surface area contributed by atoms with E-state index in [1.54, 1.807) is 12.1 Å². The Labute approximate surface area is 171 Å². The monoisotopic (exact) mass is 416 g/mol. The molecule has 1 N–H and O–H groups in total. The normalized spacial score (nSPS) is 11.5. The summed E-state index contributed by atoms with van der Waals surface area (Å²) in [6, 6.07) is 11.9. The Morgan fingerprint density at radius 3 is 2.32 bits per heavy atom. The fourth-order valence-electron chi connectivity index (χ4n) is 2.81. The smallest absolute Gasteiger partial charge is 0.264 e. The third kappa shape index (κ3) is 3.57. The van der Waals surface area contributed by atoms with Crippen LogP contribution in [0, 0.1) is 11.3 Å². The highest BCUT2D eigenvalue weighted by atomic mass is 35.5. The maximum atomic E-state index is 12.8. The molecule has 0 aliphatic carbocycles. The molecule has 0 aliphatic heterocycles. The molecule has 3 rings (SSSR count). The van der Waals surface area contributed by atoms with Crippen LogP contribution in [0.25, 0.3) is 10.1 Å². The van der Waals surface area contributed by atoms with E-state index >= 15 is 0 Å². The third-order valence-corrected chi connectivity index (χ3v) is 5.84. The van der Waals surface area contributed by atoms with E-state index in [0.717, 1.165) is 10.1 Å². The molecule has 1 aromatic heterocycles. The van der Waals surface area contributed by atoms with Gasteiger partial charge >= 0.3 is 0 Å².